The van der Waals surface area contributed by atoms with Gasteiger partial charge in [-0.3, -0.25) is 0 Å². The van der Waals surface area contributed by atoms with Gasteiger partial charge < -0.3 is 10.1 Å². The summed E-state index contributed by atoms with van der Waals surface area (Å²) in [6.07, 6.45) is 2.76. The van der Waals surface area contributed by atoms with Gasteiger partial charge in [-0.15, -0.1) is 0 Å². The third kappa shape index (κ3) is 1.30. The van der Waals surface area contributed by atoms with Crippen molar-refractivity contribution in [3.63, 3.8) is 0 Å². The second kappa shape index (κ2) is 3.28. The lowest BCUT2D eigenvalue weighted by Gasteiger charge is -2.29. The van der Waals surface area contributed by atoms with Gasteiger partial charge in [0, 0.05) is 12.5 Å². The summed E-state index contributed by atoms with van der Waals surface area (Å²) in [6, 6.07) is 8.46. The molecule has 0 aliphatic carbocycles. The molecule has 1 N–H and O–H groups in total. The summed E-state index contributed by atoms with van der Waals surface area (Å²) in [4.78, 5) is 0. The van der Waals surface area contributed by atoms with Crippen LogP contribution in [0.3, 0.4) is 0 Å². The summed E-state index contributed by atoms with van der Waals surface area (Å²) < 4.78 is 5.94. The van der Waals surface area contributed by atoms with Crippen LogP contribution in [0, 0.1) is 0 Å². The first-order valence-electron chi connectivity index (χ1n) is 5.40. The quantitative estimate of drug-likeness (QED) is 0.673. The number of fused-ring (bicyclic) bond motifs is 4. The molecule has 74 valence electrons. The third-order valence-corrected chi connectivity index (χ3v) is 3.23. The van der Waals surface area contributed by atoms with Gasteiger partial charge in [-0.1, -0.05) is 18.2 Å². The van der Waals surface area contributed by atoms with E-state index in [1.165, 1.54) is 12.0 Å². The summed E-state index contributed by atoms with van der Waals surface area (Å²) >= 11 is 0. The number of para-hydroxylation sites is 1. The van der Waals surface area contributed by atoms with Crippen molar-refractivity contribution in [3.05, 3.63) is 29.8 Å². The Balaban J connectivity index is 2.01. The molecule has 2 aliphatic rings. The van der Waals surface area contributed by atoms with Crippen molar-refractivity contribution in [2.24, 2.45) is 0 Å². The van der Waals surface area contributed by atoms with Crippen molar-refractivity contribution in [2.75, 3.05) is 13.1 Å². The first-order valence-corrected chi connectivity index (χ1v) is 5.40. The molecule has 2 unspecified atom stereocenters. The van der Waals surface area contributed by atoms with Crippen LogP contribution in [0.25, 0.3) is 0 Å². The molecule has 1 aromatic carbocycles. The van der Waals surface area contributed by atoms with Crippen molar-refractivity contribution in [2.45, 2.75) is 24.9 Å². The van der Waals surface area contributed by atoms with Crippen molar-refractivity contribution in [1.82, 2.24) is 5.32 Å². The molecule has 2 aliphatic heterocycles. The van der Waals surface area contributed by atoms with E-state index in [9.17, 15) is 0 Å². The summed E-state index contributed by atoms with van der Waals surface area (Å²) in [7, 11) is 0. The van der Waals surface area contributed by atoms with E-state index in [1.807, 2.05) is 0 Å². The van der Waals surface area contributed by atoms with Gasteiger partial charge in [-0.25, -0.2) is 0 Å². The van der Waals surface area contributed by atoms with Crippen molar-refractivity contribution in [3.8, 4) is 5.75 Å². The molecule has 1 saturated heterocycles. The van der Waals surface area contributed by atoms with Gasteiger partial charge in [0.1, 0.15) is 11.9 Å². The highest BCUT2D eigenvalue weighted by molar-refractivity contribution is 5.38. The Hall–Kier alpha value is -1.02. The molecule has 3 rings (SSSR count). The van der Waals surface area contributed by atoms with Crippen LogP contribution in [0.5, 0.6) is 5.75 Å². The molecule has 2 nitrogen and oxygen atoms in total. The van der Waals surface area contributed by atoms with Crippen LogP contribution in [-0.2, 0) is 0 Å². The average molecular weight is 189 g/mol. The van der Waals surface area contributed by atoms with Gasteiger partial charge in [0.25, 0.3) is 0 Å². The molecule has 0 spiro atoms. The second-order valence-corrected chi connectivity index (χ2v) is 4.20. The number of ether oxygens (including phenoxy) is 1. The number of hydrogen-bond donors (Lipinski definition) is 1. The minimum atomic E-state index is 0.435. The van der Waals surface area contributed by atoms with Crippen LogP contribution in [0.15, 0.2) is 24.3 Å². The maximum Gasteiger partial charge on any atom is 0.123 e. The predicted octanol–water partition coefficient (Wildman–Crippen LogP) is 1.91. The molecule has 2 atom stereocenters. The zero-order valence-electron chi connectivity index (χ0n) is 8.20. The zero-order valence-corrected chi connectivity index (χ0v) is 8.20. The van der Waals surface area contributed by atoms with E-state index in [1.54, 1.807) is 0 Å². The van der Waals surface area contributed by atoms with E-state index >= 15 is 0 Å². The molecule has 2 heteroatoms. The average Bonchev–Trinajstić information content (AvgIpc) is 2.41. The fraction of sp³-hybridized carbons (Fsp3) is 0.500. The zero-order chi connectivity index (χ0) is 9.38. The topological polar surface area (TPSA) is 21.3 Å². The molecule has 0 amide bonds. The highest BCUT2D eigenvalue weighted by Crippen LogP contribution is 2.37. The van der Waals surface area contributed by atoms with Gasteiger partial charge in [0.2, 0.25) is 0 Å². The third-order valence-electron chi connectivity index (χ3n) is 3.23. The minimum Gasteiger partial charge on any atom is -0.490 e. The fourth-order valence-corrected chi connectivity index (χ4v) is 2.51. The van der Waals surface area contributed by atoms with Gasteiger partial charge in [0.05, 0.1) is 0 Å². The van der Waals surface area contributed by atoms with Crippen LogP contribution in [0.4, 0.5) is 0 Å². The normalized spacial score (nSPS) is 30.0. The van der Waals surface area contributed by atoms with E-state index < -0.39 is 0 Å². The Morgan fingerprint density at radius 2 is 2.21 bits per heavy atom. The molecular weight excluding hydrogens is 174 g/mol. The Morgan fingerprint density at radius 3 is 3.21 bits per heavy atom. The number of benzene rings is 1. The lowest BCUT2D eigenvalue weighted by atomic mass is 9.90. The van der Waals surface area contributed by atoms with Crippen molar-refractivity contribution >= 4 is 0 Å². The Labute approximate surface area is 84.3 Å². The smallest absolute Gasteiger partial charge is 0.123 e. The number of rotatable bonds is 0. The highest BCUT2D eigenvalue weighted by atomic mass is 16.5. The second-order valence-electron chi connectivity index (χ2n) is 4.20. The first-order chi connectivity index (χ1) is 6.93. The molecule has 2 bridgehead atoms. The van der Waals surface area contributed by atoms with Crippen molar-refractivity contribution in [1.29, 1.82) is 0 Å². The van der Waals surface area contributed by atoms with Crippen LogP contribution in [-0.4, -0.2) is 19.2 Å². The van der Waals surface area contributed by atoms with E-state index in [2.05, 4.69) is 29.6 Å². The van der Waals surface area contributed by atoms with E-state index in [4.69, 9.17) is 4.74 Å². The molecular formula is C12H15NO. The predicted molar refractivity (Wildman–Crippen MR) is 55.7 cm³/mol. The maximum atomic E-state index is 5.94. The molecule has 0 saturated carbocycles. The summed E-state index contributed by atoms with van der Waals surface area (Å²) in [5.74, 6) is 1.77. The van der Waals surface area contributed by atoms with Crippen LogP contribution in [0.1, 0.15) is 24.3 Å². The lowest BCUT2D eigenvalue weighted by Crippen LogP contribution is -2.25. The molecule has 14 heavy (non-hydrogen) atoms. The largest absolute Gasteiger partial charge is 0.490 e. The standard InChI is InChI=1S/C12H15NO/c1-2-4-12-11(3-1)9-7-10(14-12)5-6-13-8-9/h1-4,9-10,13H,5-8H2. The van der Waals surface area contributed by atoms with Gasteiger partial charge in [-0.05, 0) is 31.0 Å². The maximum absolute atomic E-state index is 5.94. The highest BCUT2D eigenvalue weighted by Gasteiger charge is 2.29. The summed E-state index contributed by atoms with van der Waals surface area (Å²) in [5.41, 5.74) is 1.39. The Kier molecular flexibility index (Phi) is 1.95. The molecule has 0 radical (unpaired) electrons. The Bertz CT molecular complexity index is 337. The summed E-state index contributed by atoms with van der Waals surface area (Å²) in [6.45, 7) is 2.20. The van der Waals surface area contributed by atoms with E-state index in [0.717, 1.165) is 25.3 Å². The minimum absolute atomic E-state index is 0.435. The molecule has 1 aromatic rings. The SMILES string of the molecule is c1ccc2c(c1)OC1CCNCC2C1. The van der Waals surface area contributed by atoms with Gasteiger partial charge >= 0.3 is 0 Å². The fourth-order valence-electron chi connectivity index (χ4n) is 2.51. The summed E-state index contributed by atoms with van der Waals surface area (Å²) in [5, 5.41) is 3.48. The van der Waals surface area contributed by atoms with Crippen LogP contribution < -0.4 is 10.1 Å². The lowest BCUT2D eigenvalue weighted by molar-refractivity contribution is 0.161. The van der Waals surface area contributed by atoms with Crippen LogP contribution in [0.2, 0.25) is 0 Å². The molecule has 0 aromatic heterocycles. The first kappa shape index (κ1) is 8.30. The molecule has 1 fully saturated rings. The molecule has 2 heterocycles. The monoisotopic (exact) mass is 189 g/mol. The Morgan fingerprint density at radius 1 is 1.29 bits per heavy atom. The van der Waals surface area contributed by atoms with E-state index in [0.29, 0.717) is 12.0 Å². The van der Waals surface area contributed by atoms with E-state index in [-0.39, 0.29) is 0 Å². The van der Waals surface area contributed by atoms with Crippen molar-refractivity contribution < 1.29 is 4.74 Å². The van der Waals surface area contributed by atoms with Crippen LogP contribution >= 0.6 is 0 Å². The number of hydrogen-bond acceptors (Lipinski definition) is 2. The van der Waals surface area contributed by atoms with Gasteiger partial charge in [0.15, 0.2) is 0 Å². The number of nitrogens with one attached hydrogen (secondary N) is 1. The van der Waals surface area contributed by atoms with Gasteiger partial charge in [-0.2, -0.15) is 0 Å².